The Kier molecular flexibility index (Phi) is 3.41. The normalized spacial score (nSPS) is 9.89. The van der Waals surface area contributed by atoms with Crippen LogP contribution in [0.5, 0.6) is 5.75 Å². The smallest absolute Gasteiger partial charge is 0.340 e. The molecule has 9 heteroatoms. The number of hydrogen-bond acceptors (Lipinski definition) is 5. The second kappa shape index (κ2) is 4.64. The zero-order chi connectivity index (χ0) is 14.9. The lowest BCUT2D eigenvalue weighted by Gasteiger charge is -2.10. The van der Waals surface area contributed by atoms with Crippen LogP contribution in [0.4, 0.5) is 0 Å². The summed E-state index contributed by atoms with van der Waals surface area (Å²) in [7, 11) is 0. The highest BCUT2D eigenvalue weighted by Crippen LogP contribution is 2.30. The first-order valence-corrected chi connectivity index (χ1v) is 4.58. The van der Waals surface area contributed by atoms with E-state index in [1.165, 1.54) is 0 Å². The van der Waals surface area contributed by atoms with Gasteiger partial charge in [-0.3, -0.25) is 4.79 Å². The number of carbonyl (C=O) groups excluding carboxylic acids is 1. The van der Waals surface area contributed by atoms with Gasteiger partial charge < -0.3 is 26.2 Å². The average molecular weight is 269 g/mol. The van der Waals surface area contributed by atoms with Crippen LogP contribution in [0, 0.1) is 0 Å². The molecule has 6 N–H and O–H groups in total. The molecule has 1 rings (SSSR count). The van der Waals surface area contributed by atoms with Crippen molar-refractivity contribution in [3.8, 4) is 5.75 Å². The van der Waals surface area contributed by atoms with E-state index in [0.717, 1.165) is 0 Å². The number of carbonyl (C=O) groups is 4. The maximum absolute atomic E-state index is 11.0. The zero-order valence-corrected chi connectivity index (χ0v) is 9.08. The molecule has 1 aromatic carbocycles. The van der Waals surface area contributed by atoms with E-state index in [1.807, 2.05) is 0 Å². The molecule has 0 fully saturated rings. The van der Waals surface area contributed by atoms with Crippen LogP contribution in [0.1, 0.15) is 41.4 Å². The van der Waals surface area contributed by atoms with Gasteiger partial charge in [0.1, 0.15) is 16.9 Å². The Labute approximate surface area is 104 Å². The number of aromatic carboxylic acids is 3. The molecule has 0 aliphatic carbocycles. The van der Waals surface area contributed by atoms with E-state index < -0.39 is 51.8 Å². The monoisotopic (exact) mass is 269 g/mol. The molecule has 0 saturated carbocycles. The van der Waals surface area contributed by atoms with E-state index in [1.54, 1.807) is 0 Å². The van der Waals surface area contributed by atoms with Gasteiger partial charge in [-0.25, -0.2) is 14.4 Å². The Bertz CT molecular complexity index is 568. The molecule has 0 saturated heterocycles. The molecule has 1 aromatic rings. The van der Waals surface area contributed by atoms with Crippen molar-refractivity contribution in [3.63, 3.8) is 0 Å². The number of hydrogen-bond donors (Lipinski definition) is 5. The van der Waals surface area contributed by atoms with Crippen molar-refractivity contribution in [2.75, 3.05) is 0 Å². The van der Waals surface area contributed by atoms with Crippen LogP contribution in [0.25, 0.3) is 0 Å². The highest BCUT2D eigenvalue weighted by molar-refractivity contribution is 6.13. The molecule has 0 aliphatic rings. The quantitative estimate of drug-likeness (QED) is 0.489. The maximum atomic E-state index is 11.0. The molecule has 19 heavy (non-hydrogen) atoms. The number of nitrogens with two attached hydrogens (primary N) is 1. The Morgan fingerprint density at radius 1 is 0.842 bits per heavy atom. The van der Waals surface area contributed by atoms with E-state index in [4.69, 9.17) is 21.1 Å². The molecule has 0 unspecified atom stereocenters. The van der Waals surface area contributed by atoms with E-state index in [-0.39, 0.29) is 0 Å². The summed E-state index contributed by atoms with van der Waals surface area (Å²) in [6.07, 6.45) is 0. The number of carboxylic acids is 3. The third-order valence-corrected chi connectivity index (χ3v) is 2.22. The number of amides is 1. The molecular weight excluding hydrogens is 262 g/mol. The molecule has 1 amide bonds. The predicted octanol–water partition coefficient (Wildman–Crippen LogP) is -0.414. The molecule has 0 spiro atoms. The molecule has 0 atom stereocenters. The van der Waals surface area contributed by atoms with Crippen LogP contribution >= 0.6 is 0 Å². The molecule has 100 valence electrons. The molecule has 0 bridgehead atoms. The first kappa shape index (κ1) is 14.0. The summed E-state index contributed by atoms with van der Waals surface area (Å²) in [4.78, 5) is 43.7. The number of primary amides is 1. The van der Waals surface area contributed by atoms with Gasteiger partial charge in [-0.15, -0.1) is 0 Å². The van der Waals surface area contributed by atoms with Gasteiger partial charge in [0.15, 0.2) is 0 Å². The number of rotatable bonds is 4. The van der Waals surface area contributed by atoms with Gasteiger partial charge in [-0.05, 0) is 6.07 Å². The van der Waals surface area contributed by atoms with E-state index >= 15 is 0 Å². The number of aromatic hydroxyl groups is 1. The third kappa shape index (κ3) is 2.29. The summed E-state index contributed by atoms with van der Waals surface area (Å²) in [5, 5.41) is 36.0. The summed E-state index contributed by atoms with van der Waals surface area (Å²) in [5.74, 6) is -8.08. The first-order chi connectivity index (χ1) is 8.68. The van der Waals surface area contributed by atoms with Gasteiger partial charge in [-0.1, -0.05) is 0 Å². The second-order valence-corrected chi connectivity index (χ2v) is 3.35. The van der Waals surface area contributed by atoms with Crippen molar-refractivity contribution in [2.24, 2.45) is 5.73 Å². The van der Waals surface area contributed by atoms with Crippen molar-refractivity contribution >= 4 is 23.8 Å². The Morgan fingerprint density at radius 2 is 1.26 bits per heavy atom. The summed E-state index contributed by atoms with van der Waals surface area (Å²) >= 11 is 0. The van der Waals surface area contributed by atoms with Crippen molar-refractivity contribution in [1.29, 1.82) is 0 Å². The van der Waals surface area contributed by atoms with Gasteiger partial charge in [0.25, 0.3) is 0 Å². The fraction of sp³-hybridized carbons (Fsp3) is 0. The highest BCUT2D eigenvalue weighted by atomic mass is 16.4. The van der Waals surface area contributed by atoms with Crippen LogP contribution in [-0.4, -0.2) is 44.2 Å². The number of carboxylic acid groups (broad SMARTS) is 3. The van der Waals surface area contributed by atoms with Crippen LogP contribution in [0.2, 0.25) is 0 Å². The minimum Gasteiger partial charge on any atom is -0.506 e. The molecule has 0 radical (unpaired) electrons. The molecule has 0 heterocycles. The van der Waals surface area contributed by atoms with Gasteiger partial charge in [0.05, 0.1) is 11.1 Å². The maximum Gasteiger partial charge on any atom is 0.340 e. The van der Waals surface area contributed by atoms with Gasteiger partial charge >= 0.3 is 17.9 Å². The molecule has 0 aromatic heterocycles. The lowest BCUT2D eigenvalue weighted by atomic mass is 9.96. The third-order valence-electron chi connectivity index (χ3n) is 2.22. The summed E-state index contributed by atoms with van der Waals surface area (Å²) in [6.45, 7) is 0. The minimum absolute atomic E-state index is 0.497. The van der Waals surface area contributed by atoms with Gasteiger partial charge in [-0.2, -0.15) is 0 Å². The van der Waals surface area contributed by atoms with E-state index in [2.05, 4.69) is 0 Å². The second-order valence-electron chi connectivity index (χ2n) is 3.35. The summed E-state index contributed by atoms with van der Waals surface area (Å²) in [6, 6.07) is 0.497. The lowest BCUT2D eigenvalue weighted by molar-refractivity contribution is 0.0643. The van der Waals surface area contributed by atoms with Gasteiger partial charge in [0, 0.05) is 0 Å². The average Bonchev–Trinajstić information content (AvgIpc) is 2.25. The molecule has 0 aliphatic heterocycles. The lowest BCUT2D eigenvalue weighted by Crippen LogP contribution is -2.20. The fourth-order valence-corrected chi connectivity index (χ4v) is 1.46. The van der Waals surface area contributed by atoms with Gasteiger partial charge in [0.2, 0.25) is 5.91 Å². The van der Waals surface area contributed by atoms with Crippen molar-refractivity contribution < 1.29 is 39.6 Å². The largest absolute Gasteiger partial charge is 0.506 e. The minimum atomic E-state index is -1.85. The van der Waals surface area contributed by atoms with Crippen LogP contribution < -0.4 is 5.73 Å². The Morgan fingerprint density at radius 3 is 1.58 bits per heavy atom. The summed E-state index contributed by atoms with van der Waals surface area (Å²) in [5.41, 5.74) is 0.933. The zero-order valence-electron chi connectivity index (χ0n) is 9.08. The van der Waals surface area contributed by atoms with Crippen LogP contribution in [0.3, 0.4) is 0 Å². The topological polar surface area (TPSA) is 175 Å². The fourth-order valence-electron chi connectivity index (χ4n) is 1.46. The summed E-state index contributed by atoms with van der Waals surface area (Å²) < 4.78 is 0. The molecular formula is C10H7NO8. The molecule has 9 nitrogen and oxygen atoms in total. The van der Waals surface area contributed by atoms with Crippen LogP contribution in [0.15, 0.2) is 6.07 Å². The number of benzene rings is 1. The Hall–Kier alpha value is -3.10. The Balaban J connectivity index is 3.91. The first-order valence-electron chi connectivity index (χ1n) is 4.58. The van der Waals surface area contributed by atoms with Crippen LogP contribution in [-0.2, 0) is 0 Å². The van der Waals surface area contributed by atoms with Crippen molar-refractivity contribution in [1.82, 2.24) is 0 Å². The SMILES string of the molecule is NC(=O)c1cc(C(=O)O)c(C(=O)O)c(O)c1C(=O)O. The van der Waals surface area contributed by atoms with Crippen molar-refractivity contribution in [3.05, 3.63) is 28.3 Å². The standard InChI is InChI=1S/C10H7NO8/c11-7(13)2-1-3(8(14)15)5(10(18)19)6(12)4(2)9(16)17/h1,12H,(H2,11,13)(H,14,15)(H,16,17)(H,18,19). The van der Waals surface area contributed by atoms with Crippen molar-refractivity contribution in [2.45, 2.75) is 0 Å². The van der Waals surface area contributed by atoms with E-state index in [0.29, 0.717) is 6.07 Å². The number of phenols is 1. The highest BCUT2D eigenvalue weighted by Gasteiger charge is 2.30. The predicted molar refractivity (Wildman–Crippen MR) is 57.5 cm³/mol. The van der Waals surface area contributed by atoms with E-state index in [9.17, 15) is 24.3 Å².